The molecule has 8 heteroatoms. The van der Waals surface area contributed by atoms with Crippen LogP contribution in [0.3, 0.4) is 0 Å². The summed E-state index contributed by atoms with van der Waals surface area (Å²) in [6, 6.07) is 11.7. The van der Waals surface area contributed by atoms with Crippen LogP contribution in [0.25, 0.3) is 10.9 Å². The van der Waals surface area contributed by atoms with Crippen molar-refractivity contribution >= 4 is 22.7 Å². The van der Waals surface area contributed by atoms with E-state index < -0.39 is 5.82 Å². The first-order valence-corrected chi connectivity index (χ1v) is 10.8. The Labute approximate surface area is 184 Å². The third-order valence-electron chi connectivity index (χ3n) is 6.18. The lowest BCUT2D eigenvalue weighted by Crippen LogP contribution is -2.51. The highest BCUT2D eigenvalue weighted by atomic mass is 19.1. The first kappa shape index (κ1) is 20.4. The smallest absolute Gasteiger partial charge is 0.280 e. The Morgan fingerprint density at radius 1 is 1.00 bits per heavy atom. The molecule has 0 atom stereocenters. The number of benzene rings is 2. The number of rotatable bonds is 4. The molecule has 0 spiro atoms. The molecular formula is C24H23FN4O3. The Hall–Kier alpha value is -3.55. The van der Waals surface area contributed by atoms with Crippen LogP contribution in [0.5, 0.6) is 0 Å². The van der Waals surface area contributed by atoms with Gasteiger partial charge in [0.05, 0.1) is 22.8 Å². The van der Waals surface area contributed by atoms with Gasteiger partial charge in [0.1, 0.15) is 5.82 Å². The number of nitrogens with zero attached hydrogens (tertiary/aromatic N) is 4. The molecule has 1 aromatic heterocycles. The molecule has 164 valence electrons. The van der Waals surface area contributed by atoms with Crippen molar-refractivity contribution in [3.05, 3.63) is 76.1 Å². The summed E-state index contributed by atoms with van der Waals surface area (Å²) in [4.78, 5) is 44.6. The van der Waals surface area contributed by atoms with Gasteiger partial charge in [0.25, 0.3) is 11.5 Å². The summed E-state index contributed by atoms with van der Waals surface area (Å²) in [7, 11) is 0. The fourth-order valence-corrected chi connectivity index (χ4v) is 4.20. The van der Waals surface area contributed by atoms with E-state index in [1.165, 1.54) is 12.4 Å². The summed E-state index contributed by atoms with van der Waals surface area (Å²) in [5, 5.41) is 0.507. The van der Waals surface area contributed by atoms with Gasteiger partial charge in [0.15, 0.2) is 0 Å². The van der Waals surface area contributed by atoms with E-state index in [1.54, 1.807) is 33.7 Å². The van der Waals surface area contributed by atoms with Crippen LogP contribution >= 0.6 is 0 Å². The van der Waals surface area contributed by atoms with Gasteiger partial charge >= 0.3 is 0 Å². The zero-order chi connectivity index (χ0) is 22.2. The van der Waals surface area contributed by atoms with Crippen molar-refractivity contribution < 1.29 is 14.0 Å². The second-order valence-corrected chi connectivity index (χ2v) is 8.40. The first-order chi connectivity index (χ1) is 15.5. The average Bonchev–Trinajstić information content (AvgIpc) is 3.67. The summed E-state index contributed by atoms with van der Waals surface area (Å²) in [5.74, 6) is -0.610. The number of carbonyl (C=O) groups is 2. The largest absolute Gasteiger partial charge is 0.339 e. The Bertz CT molecular complexity index is 1260. The lowest BCUT2D eigenvalue weighted by atomic mass is 10.1. The topological polar surface area (TPSA) is 75.5 Å². The molecule has 0 radical (unpaired) electrons. The zero-order valence-corrected chi connectivity index (χ0v) is 17.5. The van der Waals surface area contributed by atoms with Crippen molar-refractivity contribution in [1.82, 2.24) is 19.4 Å². The van der Waals surface area contributed by atoms with Crippen LogP contribution in [0.15, 0.2) is 53.6 Å². The van der Waals surface area contributed by atoms with E-state index in [1.807, 2.05) is 17.0 Å². The maximum absolute atomic E-state index is 14.6. The molecule has 1 aliphatic heterocycles. The monoisotopic (exact) mass is 434 g/mol. The molecule has 1 saturated carbocycles. The quantitative estimate of drug-likeness (QED) is 0.632. The second kappa shape index (κ2) is 8.18. The molecule has 1 aliphatic carbocycles. The number of amides is 2. The summed E-state index contributed by atoms with van der Waals surface area (Å²) < 4.78 is 16.4. The van der Waals surface area contributed by atoms with Gasteiger partial charge in [-0.25, -0.2) is 4.39 Å². The summed E-state index contributed by atoms with van der Waals surface area (Å²) >= 11 is 0. The third kappa shape index (κ3) is 3.88. The molecule has 0 unspecified atom stereocenters. The lowest BCUT2D eigenvalue weighted by molar-refractivity contribution is -0.134. The van der Waals surface area contributed by atoms with Gasteiger partial charge < -0.3 is 14.4 Å². The maximum atomic E-state index is 14.6. The number of aromatic nitrogens is 2. The minimum Gasteiger partial charge on any atom is -0.339 e. The van der Waals surface area contributed by atoms with Gasteiger partial charge in [-0.1, -0.05) is 18.2 Å². The van der Waals surface area contributed by atoms with E-state index >= 15 is 0 Å². The molecular weight excluding hydrogens is 411 g/mol. The molecule has 0 N–H and O–H groups in total. The average molecular weight is 434 g/mol. The number of hydrogen-bond donors (Lipinski definition) is 0. The second-order valence-electron chi connectivity index (χ2n) is 8.40. The van der Waals surface area contributed by atoms with Crippen LogP contribution in [0, 0.1) is 11.7 Å². The summed E-state index contributed by atoms with van der Waals surface area (Å²) in [6.45, 7) is 2.11. The molecule has 7 nitrogen and oxygen atoms in total. The van der Waals surface area contributed by atoms with Gasteiger partial charge in [0.2, 0.25) is 5.91 Å². The van der Waals surface area contributed by atoms with Crippen LogP contribution in [0.2, 0.25) is 0 Å². The van der Waals surface area contributed by atoms with Crippen LogP contribution in [-0.4, -0.2) is 57.3 Å². The van der Waals surface area contributed by atoms with E-state index in [0.29, 0.717) is 38.1 Å². The number of para-hydroxylation sites is 1. The van der Waals surface area contributed by atoms with Crippen LogP contribution in [-0.2, 0) is 11.3 Å². The SMILES string of the molecule is O=C(c1cc(Cn2cnc(=O)c3ccccc32)ccc1F)N1CCN(C(=O)C2CC2)CC1. The molecule has 0 bridgehead atoms. The molecule has 2 heterocycles. The minimum atomic E-state index is -0.571. The Kier molecular flexibility index (Phi) is 5.20. The molecule has 2 fully saturated rings. The van der Waals surface area contributed by atoms with Gasteiger partial charge in [-0.15, -0.1) is 0 Å². The molecule has 32 heavy (non-hydrogen) atoms. The normalized spacial score (nSPS) is 16.4. The standard InChI is InChI=1S/C24H23FN4O3/c25-20-8-5-16(14-29-15-26-22(30)18-3-1-2-4-21(18)29)13-19(20)24(32)28-11-9-27(10-12-28)23(31)17-6-7-17/h1-5,8,13,15,17H,6-7,9-12,14H2. The first-order valence-electron chi connectivity index (χ1n) is 10.8. The highest BCUT2D eigenvalue weighted by molar-refractivity contribution is 5.95. The van der Waals surface area contributed by atoms with Gasteiger partial charge in [-0.05, 0) is 42.7 Å². The van der Waals surface area contributed by atoms with Crippen LogP contribution in [0.1, 0.15) is 28.8 Å². The minimum absolute atomic E-state index is 0.0165. The van der Waals surface area contributed by atoms with Crippen molar-refractivity contribution in [2.75, 3.05) is 26.2 Å². The van der Waals surface area contributed by atoms with E-state index in [4.69, 9.17) is 0 Å². The fraction of sp³-hybridized carbons (Fsp3) is 0.333. The van der Waals surface area contributed by atoms with Crippen molar-refractivity contribution in [3.63, 3.8) is 0 Å². The molecule has 3 aromatic rings. The van der Waals surface area contributed by atoms with E-state index in [-0.39, 0.29) is 28.9 Å². The highest BCUT2D eigenvalue weighted by Gasteiger charge is 2.35. The van der Waals surface area contributed by atoms with Gasteiger partial charge in [0, 0.05) is 38.6 Å². The Morgan fingerprint density at radius 3 is 2.47 bits per heavy atom. The predicted molar refractivity (Wildman–Crippen MR) is 117 cm³/mol. The van der Waals surface area contributed by atoms with E-state index in [9.17, 15) is 18.8 Å². The van der Waals surface area contributed by atoms with Crippen molar-refractivity contribution in [2.24, 2.45) is 5.92 Å². The van der Waals surface area contributed by atoms with E-state index in [2.05, 4.69) is 4.98 Å². The number of piperazine rings is 1. The molecule has 1 saturated heterocycles. The molecule has 5 rings (SSSR count). The predicted octanol–water partition coefficient (Wildman–Crippen LogP) is 2.28. The molecule has 2 aliphatic rings. The lowest BCUT2D eigenvalue weighted by Gasteiger charge is -2.35. The van der Waals surface area contributed by atoms with Gasteiger partial charge in [-0.2, -0.15) is 4.98 Å². The molecule has 2 amide bonds. The fourth-order valence-electron chi connectivity index (χ4n) is 4.20. The van der Waals surface area contributed by atoms with Crippen molar-refractivity contribution in [2.45, 2.75) is 19.4 Å². The van der Waals surface area contributed by atoms with Crippen LogP contribution < -0.4 is 5.56 Å². The highest BCUT2D eigenvalue weighted by Crippen LogP contribution is 2.31. The van der Waals surface area contributed by atoms with Crippen molar-refractivity contribution in [3.8, 4) is 0 Å². The number of carbonyl (C=O) groups excluding carboxylic acids is 2. The van der Waals surface area contributed by atoms with Crippen molar-refractivity contribution in [1.29, 1.82) is 0 Å². The number of halogens is 1. The van der Waals surface area contributed by atoms with E-state index in [0.717, 1.165) is 23.9 Å². The molecule has 2 aromatic carbocycles. The zero-order valence-electron chi connectivity index (χ0n) is 17.5. The Morgan fingerprint density at radius 2 is 1.72 bits per heavy atom. The number of fused-ring (bicyclic) bond motifs is 1. The Balaban J connectivity index is 1.34. The summed E-state index contributed by atoms with van der Waals surface area (Å²) in [6.07, 6.45) is 3.37. The maximum Gasteiger partial charge on any atom is 0.280 e. The van der Waals surface area contributed by atoms with Gasteiger partial charge in [-0.3, -0.25) is 14.4 Å². The van der Waals surface area contributed by atoms with Crippen LogP contribution in [0.4, 0.5) is 4.39 Å². The summed E-state index contributed by atoms with van der Waals surface area (Å²) in [5.41, 5.74) is 1.17. The third-order valence-corrected chi connectivity index (χ3v) is 6.18. The number of hydrogen-bond acceptors (Lipinski definition) is 4.